The summed E-state index contributed by atoms with van der Waals surface area (Å²) >= 11 is 0. The smallest absolute Gasteiger partial charge is 0.241 e. The van der Waals surface area contributed by atoms with Gasteiger partial charge in [0.2, 0.25) is 5.91 Å². The maximum absolute atomic E-state index is 11.4. The number of benzene rings is 1. The van der Waals surface area contributed by atoms with Gasteiger partial charge in [-0.25, -0.2) is 0 Å². The van der Waals surface area contributed by atoms with E-state index in [1.54, 1.807) is 19.0 Å². The predicted molar refractivity (Wildman–Crippen MR) is 74.0 cm³/mol. The standard InChI is InChI=1S/C14H22N2O2/c1-4-5-9-18-13-8-6-7-12(10-13)15-11-14(17)16(2)3/h6-8,10,15H,4-5,9,11H2,1-3H3. The van der Waals surface area contributed by atoms with Crippen molar-refractivity contribution in [2.45, 2.75) is 19.8 Å². The van der Waals surface area contributed by atoms with Crippen LogP contribution in [0.3, 0.4) is 0 Å². The highest BCUT2D eigenvalue weighted by Crippen LogP contribution is 2.17. The summed E-state index contributed by atoms with van der Waals surface area (Å²) in [4.78, 5) is 13.0. The minimum Gasteiger partial charge on any atom is -0.494 e. The molecule has 4 heteroatoms. The van der Waals surface area contributed by atoms with Gasteiger partial charge in [-0.1, -0.05) is 19.4 Å². The molecule has 0 saturated carbocycles. The van der Waals surface area contributed by atoms with Crippen molar-refractivity contribution in [2.75, 3.05) is 32.6 Å². The van der Waals surface area contributed by atoms with Gasteiger partial charge in [0.15, 0.2) is 0 Å². The van der Waals surface area contributed by atoms with Crippen LogP contribution in [0, 0.1) is 0 Å². The van der Waals surface area contributed by atoms with Gasteiger partial charge in [0.25, 0.3) is 0 Å². The Kier molecular flexibility index (Phi) is 6.05. The van der Waals surface area contributed by atoms with Crippen molar-refractivity contribution < 1.29 is 9.53 Å². The van der Waals surface area contributed by atoms with Gasteiger partial charge in [-0.15, -0.1) is 0 Å². The Hall–Kier alpha value is -1.71. The van der Waals surface area contributed by atoms with E-state index < -0.39 is 0 Å². The Morgan fingerprint density at radius 1 is 1.39 bits per heavy atom. The van der Waals surface area contributed by atoms with Crippen LogP contribution in [0.2, 0.25) is 0 Å². The second-order valence-electron chi connectivity index (χ2n) is 4.37. The fourth-order valence-electron chi connectivity index (χ4n) is 1.37. The van der Waals surface area contributed by atoms with Gasteiger partial charge >= 0.3 is 0 Å². The van der Waals surface area contributed by atoms with Gasteiger partial charge in [-0.2, -0.15) is 0 Å². The van der Waals surface area contributed by atoms with Crippen LogP contribution in [0.5, 0.6) is 5.75 Å². The lowest BCUT2D eigenvalue weighted by atomic mass is 10.3. The number of likely N-dealkylation sites (N-methyl/N-ethyl adjacent to an activating group) is 1. The minimum atomic E-state index is 0.0484. The van der Waals surface area contributed by atoms with Crippen LogP contribution < -0.4 is 10.1 Å². The molecule has 0 radical (unpaired) electrons. The Balaban J connectivity index is 2.46. The van der Waals surface area contributed by atoms with Crippen molar-refractivity contribution in [3.05, 3.63) is 24.3 Å². The second-order valence-corrected chi connectivity index (χ2v) is 4.37. The summed E-state index contributed by atoms with van der Waals surface area (Å²) in [6.07, 6.45) is 2.17. The minimum absolute atomic E-state index is 0.0484. The van der Waals surface area contributed by atoms with Gasteiger partial charge in [-0.05, 0) is 18.6 Å². The van der Waals surface area contributed by atoms with E-state index >= 15 is 0 Å². The molecule has 0 heterocycles. The topological polar surface area (TPSA) is 41.6 Å². The summed E-state index contributed by atoms with van der Waals surface area (Å²) in [7, 11) is 3.49. The molecule has 1 amide bonds. The lowest BCUT2D eigenvalue weighted by molar-refractivity contribution is -0.126. The fraction of sp³-hybridized carbons (Fsp3) is 0.500. The third kappa shape index (κ3) is 5.08. The van der Waals surface area contributed by atoms with Crippen molar-refractivity contribution in [1.29, 1.82) is 0 Å². The van der Waals surface area contributed by atoms with Crippen LogP contribution in [0.1, 0.15) is 19.8 Å². The Morgan fingerprint density at radius 2 is 2.17 bits per heavy atom. The molecule has 4 nitrogen and oxygen atoms in total. The molecule has 0 atom stereocenters. The molecule has 0 spiro atoms. The number of hydrogen-bond acceptors (Lipinski definition) is 3. The number of unbranched alkanes of at least 4 members (excludes halogenated alkanes) is 1. The van der Waals surface area contributed by atoms with E-state index in [0.29, 0.717) is 6.54 Å². The zero-order valence-electron chi connectivity index (χ0n) is 11.4. The second kappa shape index (κ2) is 7.58. The molecule has 0 aromatic heterocycles. The van der Waals surface area contributed by atoms with Gasteiger partial charge in [-0.3, -0.25) is 4.79 Å². The summed E-state index contributed by atoms with van der Waals surface area (Å²) in [5, 5.41) is 3.09. The maximum Gasteiger partial charge on any atom is 0.241 e. The zero-order chi connectivity index (χ0) is 13.4. The normalized spacial score (nSPS) is 9.94. The number of anilines is 1. The van der Waals surface area contributed by atoms with Crippen LogP contribution in [-0.4, -0.2) is 38.1 Å². The van der Waals surface area contributed by atoms with E-state index in [4.69, 9.17) is 4.74 Å². The van der Waals surface area contributed by atoms with Crippen LogP contribution in [0.15, 0.2) is 24.3 Å². The zero-order valence-corrected chi connectivity index (χ0v) is 11.4. The van der Waals surface area contributed by atoms with E-state index in [0.717, 1.165) is 30.9 Å². The van der Waals surface area contributed by atoms with Gasteiger partial charge in [0.1, 0.15) is 5.75 Å². The number of nitrogens with one attached hydrogen (secondary N) is 1. The molecular weight excluding hydrogens is 228 g/mol. The monoisotopic (exact) mass is 250 g/mol. The number of rotatable bonds is 7. The SMILES string of the molecule is CCCCOc1cccc(NCC(=O)N(C)C)c1. The largest absolute Gasteiger partial charge is 0.494 e. The highest BCUT2D eigenvalue weighted by atomic mass is 16.5. The number of carbonyl (C=O) groups is 1. The third-order valence-corrected chi connectivity index (χ3v) is 2.54. The molecule has 1 aromatic carbocycles. The average Bonchev–Trinajstić information content (AvgIpc) is 2.36. The molecule has 0 aliphatic heterocycles. The van der Waals surface area contributed by atoms with E-state index in [2.05, 4.69) is 12.2 Å². The summed E-state index contributed by atoms with van der Waals surface area (Å²) in [6.45, 7) is 3.16. The molecule has 1 rings (SSSR count). The van der Waals surface area contributed by atoms with Crippen molar-refractivity contribution in [1.82, 2.24) is 4.90 Å². The number of nitrogens with zero attached hydrogens (tertiary/aromatic N) is 1. The van der Waals surface area contributed by atoms with Crippen molar-refractivity contribution in [3.63, 3.8) is 0 Å². The fourth-order valence-corrected chi connectivity index (χ4v) is 1.37. The lowest BCUT2D eigenvalue weighted by Gasteiger charge is -2.12. The molecule has 0 unspecified atom stereocenters. The number of hydrogen-bond donors (Lipinski definition) is 1. The van der Waals surface area contributed by atoms with Crippen LogP contribution in [0.25, 0.3) is 0 Å². The molecule has 0 aliphatic rings. The Bertz CT molecular complexity index is 378. The Labute approximate surface area is 109 Å². The number of amides is 1. The molecule has 0 bridgehead atoms. The van der Waals surface area contributed by atoms with Crippen molar-refractivity contribution >= 4 is 11.6 Å². The van der Waals surface area contributed by atoms with Gasteiger partial charge < -0.3 is 15.0 Å². The summed E-state index contributed by atoms with van der Waals surface area (Å²) in [5.41, 5.74) is 0.902. The highest BCUT2D eigenvalue weighted by molar-refractivity contribution is 5.80. The Morgan fingerprint density at radius 3 is 2.83 bits per heavy atom. The average molecular weight is 250 g/mol. The summed E-state index contributed by atoms with van der Waals surface area (Å²) in [6, 6.07) is 7.69. The molecule has 1 aromatic rings. The van der Waals surface area contributed by atoms with Crippen molar-refractivity contribution in [2.24, 2.45) is 0 Å². The molecular formula is C14H22N2O2. The quantitative estimate of drug-likeness (QED) is 0.755. The van der Waals surface area contributed by atoms with Crippen LogP contribution in [0.4, 0.5) is 5.69 Å². The maximum atomic E-state index is 11.4. The third-order valence-electron chi connectivity index (χ3n) is 2.54. The van der Waals surface area contributed by atoms with Crippen LogP contribution in [-0.2, 0) is 4.79 Å². The predicted octanol–water partition coefficient (Wildman–Crippen LogP) is 2.37. The van der Waals surface area contributed by atoms with E-state index in [-0.39, 0.29) is 5.91 Å². The summed E-state index contributed by atoms with van der Waals surface area (Å²) < 4.78 is 5.61. The molecule has 0 fully saturated rings. The molecule has 0 aliphatic carbocycles. The first-order chi connectivity index (χ1) is 8.63. The van der Waals surface area contributed by atoms with E-state index in [1.807, 2.05) is 24.3 Å². The van der Waals surface area contributed by atoms with Gasteiger partial charge in [0.05, 0.1) is 13.2 Å². The van der Waals surface area contributed by atoms with Gasteiger partial charge in [0, 0.05) is 25.8 Å². The first-order valence-corrected chi connectivity index (χ1v) is 6.30. The molecule has 0 saturated heterocycles. The number of ether oxygens (including phenoxy) is 1. The van der Waals surface area contributed by atoms with Crippen molar-refractivity contribution in [3.8, 4) is 5.75 Å². The summed E-state index contributed by atoms with van der Waals surface area (Å²) in [5.74, 6) is 0.887. The highest BCUT2D eigenvalue weighted by Gasteiger charge is 2.03. The molecule has 100 valence electrons. The van der Waals surface area contributed by atoms with E-state index in [9.17, 15) is 4.79 Å². The lowest BCUT2D eigenvalue weighted by Crippen LogP contribution is -2.28. The van der Waals surface area contributed by atoms with E-state index in [1.165, 1.54) is 0 Å². The molecule has 1 N–H and O–H groups in total. The number of carbonyl (C=O) groups excluding carboxylic acids is 1. The van der Waals surface area contributed by atoms with Crippen LogP contribution >= 0.6 is 0 Å². The first kappa shape index (κ1) is 14.4. The first-order valence-electron chi connectivity index (χ1n) is 6.30. The molecule has 18 heavy (non-hydrogen) atoms.